The lowest BCUT2D eigenvalue weighted by Gasteiger charge is -2.04. The normalized spacial score (nSPS) is 10.6. The van der Waals surface area contributed by atoms with Crippen LogP contribution in [0.4, 0.5) is 0 Å². The second-order valence-corrected chi connectivity index (χ2v) is 7.15. The zero-order valence-electron chi connectivity index (χ0n) is 14.5. The first kappa shape index (κ1) is 19.2. The van der Waals surface area contributed by atoms with Crippen LogP contribution in [-0.4, -0.2) is 28.2 Å². The number of nitrogens with one attached hydrogen (secondary N) is 1. The molecule has 7 heteroatoms. The van der Waals surface area contributed by atoms with Crippen molar-refractivity contribution >= 4 is 34.6 Å². The molecular weight excluding hydrogens is 382 g/mol. The monoisotopic (exact) mass is 399 g/mol. The summed E-state index contributed by atoms with van der Waals surface area (Å²) in [6, 6.07) is 11.0. The smallest absolute Gasteiger partial charge is 0.220 e. The van der Waals surface area contributed by atoms with Gasteiger partial charge in [0.05, 0.1) is 10.7 Å². The lowest BCUT2D eigenvalue weighted by molar-refractivity contribution is -0.121. The van der Waals surface area contributed by atoms with E-state index in [1.165, 1.54) is 17.5 Å². The number of Topliss-reactive ketones (excluding diaryl/α,β-unsaturated/α-hetero) is 1. The van der Waals surface area contributed by atoms with Crippen molar-refractivity contribution in [2.45, 2.75) is 19.3 Å². The number of amides is 1. The average molecular weight is 400 g/mol. The number of halogens is 1. The van der Waals surface area contributed by atoms with Gasteiger partial charge < -0.3 is 5.32 Å². The van der Waals surface area contributed by atoms with Crippen molar-refractivity contribution < 1.29 is 9.59 Å². The molecule has 0 aliphatic heterocycles. The summed E-state index contributed by atoms with van der Waals surface area (Å²) in [7, 11) is 0. The Morgan fingerprint density at radius 3 is 2.74 bits per heavy atom. The zero-order valence-corrected chi connectivity index (χ0v) is 16.1. The molecule has 2 aromatic heterocycles. The Hall–Kier alpha value is -2.57. The molecule has 3 rings (SSSR count). The van der Waals surface area contributed by atoms with E-state index in [4.69, 9.17) is 11.6 Å². The predicted octanol–water partition coefficient (Wildman–Crippen LogP) is 4.18. The van der Waals surface area contributed by atoms with Gasteiger partial charge in [0.15, 0.2) is 5.78 Å². The minimum Gasteiger partial charge on any atom is -0.356 e. The molecule has 1 aromatic carbocycles. The summed E-state index contributed by atoms with van der Waals surface area (Å²) in [6.07, 6.45) is 4.09. The van der Waals surface area contributed by atoms with Crippen molar-refractivity contribution in [1.82, 2.24) is 15.3 Å². The van der Waals surface area contributed by atoms with Crippen molar-refractivity contribution in [3.05, 3.63) is 70.5 Å². The van der Waals surface area contributed by atoms with Gasteiger partial charge in [-0.25, -0.2) is 4.98 Å². The number of aromatic nitrogens is 2. The highest BCUT2D eigenvalue weighted by molar-refractivity contribution is 7.13. The van der Waals surface area contributed by atoms with E-state index in [1.807, 2.05) is 29.6 Å². The molecule has 0 spiro atoms. The highest BCUT2D eigenvalue weighted by Gasteiger charge is 2.10. The Morgan fingerprint density at radius 1 is 1.11 bits per heavy atom. The van der Waals surface area contributed by atoms with E-state index >= 15 is 0 Å². The summed E-state index contributed by atoms with van der Waals surface area (Å²) >= 11 is 7.73. The minimum absolute atomic E-state index is 0.0814. The molecule has 0 saturated carbocycles. The third kappa shape index (κ3) is 5.45. The van der Waals surface area contributed by atoms with Gasteiger partial charge in [-0.15, -0.1) is 11.3 Å². The molecule has 0 unspecified atom stereocenters. The summed E-state index contributed by atoms with van der Waals surface area (Å²) in [4.78, 5) is 32.4. The Labute approximate surface area is 166 Å². The molecule has 138 valence electrons. The summed E-state index contributed by atoms with van der Waals surface area (Å²) in [5, 5.41) is 6.34. The Morgan fingerprint density at radius 2 is 1.96 bits per heavy atom. The lowest BCUT2D eigenvalue weighted by Crippen LogP contribution is -2.26. The molecule has 0 atom stereocenters. The molecule has 5 nitrogen and oxygen atoms in total. The summed E-state index contributed by atoms with van der Waals surface area (Å²) in [5.41, 5.74) is 2.34. The fourth-order valence-electron chi connectivity index (χ4n) is 2.50. The molecule has 1 N–H and O–H groups in total. The van der Waals surface area contributed by atoms with Gasteiger partial charge in [-0.3, -0.25) is 14.6 Å². The van der Waals surface area contributed by atoms with Gasteiger partial charge in [0.25, 0.3) is 0 Å². The third-order valence-electron chi connectivity index (χ3n) is 3.92. The number of carbonyl (C=O) groups excluding carboxylic acids is 2. The van der Waals surface area contributed by atoms with Gasteiger partial charge in [0, 0.05) is 54.7 Å². The quantitative estimate of drug-likeness (QED) is 0.577. The SMILES string of the molecule is O=C(CCC(=O)c1cccnc1)NCCc1csc(-c2ccccc2Cl)n1. The number of benzene rings is 1. The van der Waals surface area contributed by atoms with Gasteiger partial charge in [-0.1, -0.05) is 29.8 Å². The second-order valence-electron chi connectivity index (χ2n) is 5.89. The van der Waals surface area contributed by atoms with E-state index in [1.54, 1.807) is 18.3 Å². The third-order valence-corrected chi connectivity index (χ3v) is 5.18. The van der Waals surface area contributed by atoms with Crippen molar-refractivity contribution in [2.24, 2.45) is 0 Å². The van der Waals surface area contributed by atoms with E-state index in [0.29, 0.717) is 23.6 Å². The van der Waals surface area contributed by atoms with E-state index in [9.17, 15) is 9.59 Å². The Kier molecular flexibility index (Phi) is 6.68. The van der Waals surface area contributed by atoms with Crippen LogP contribution >= 0.6 is 22.9 Å². The van der Waals surface area contributed by atoms with Crippen LogP contribution in [0.2, 0.25) is 5.02 Å². The van der Waals surface area contributed by atoms with Gasteiger partial charge in [0.1, 0.15) is 5.01 Å². The van der Waals surface area contributed by atoms with Gasteiger partial charge in [0.2, 0.25) is 5.91 Å². The number of pyridine rings is 1. The van der Waals surface area contributed by atoms with Crippen LogP contribution < -0.4 is 5.32 Å². The Bertz CT molecular complexity index is 928. The van der Waals surface area contributed by atoms with Crippen LogP contribution in [0.25, 0.3) is 10.6 Å². The molecule has 1 amide bonds. The summed E-state index contributed by atoms with van der Waals surface area (Å²) < 4.78 is 0. The number of nitrogens with zero attached hydrogens (tertiary/aromatic N) is 2. The predicted molar refractivity (Wildman–Crippen MR) is 107 cm³/mol. The van der Waals surface area contributed by atoms with Crippen molar-refractivity contribution in [2.75, 3.05) is 6.54 Å². The molecule has 2 heterocycles. The van der Waals surface area contributed by atoms with Crippen molar-refractivity contribution in [3.63, 3.8) is 0 Å². The molecule has 3 aromatic rings. The van der Waals surface area contributed by atoms with Gasteiger partial charge in [-0.2, -0.15) is 0 Å². The van der Waals surface area contributed by atoms with E-state index in [-0.39, 0.29) is 24.5 Å². The largest absolute Gasteiger partial charge is 0.356 e. The number of ketones is 1. The fourth-order valence-corrected chi connectivity index (χ4v) is 3.67. The summed E-state index contributed by atoms with van der Waals surface area (Å²) in [6.45, 7) is 0.478. The number of rotatable bonds is 8. The molecule has 27 heavy (non-hydrogen) atoms. The first-order valence-electron chi connectivity index (χ1n) is 8.52. The zero-order chi connectivity index (χ0) is 19.1. The number of thiazole rings is 1. The Balaban J connectivity index is 1.43. The molecule has 0 bridgehead atoms. The van der Waals surface area contributed by atoms with Crippen LogP contribution in [0, 0.1) is 0 Å². The molecule has 0 fully saturated rings. The van der Waals surface area contributed by atoms with Crippen LogP contribution in [0.15, 0.2) is 54.2 Å². The molecule has 0 aliphatic carbocycles. The number of hydrogen-bond donors (Lipinski definition) is 1. The molecule has 0 aliphatic rings. The number of carbonyl (C=O) groups is 2. The maximum absolute atomic E-state index is 12.0. The van der Waals surface area contributed by atoms with Crippen LogP contribution in [-0.2, 0) is 11.2 Å². The topological polar surface area (TPSA) is 72.0 Å². The minimum atomic E-state index is -0.145. The van der Waals surface area contributed by atoms with Crippen LogP contribution in [0.1, 0.15) is 28.9 Å². The van der Waals surface area contributed by atoms with E-state index in [0.717, 1.165) is 16.3 Å². The van der Waals surface area contributed by atoms with Crippen molar-refractivity contribution in [1.29, 1.82) is 0 Å². The fraction of sp³-hybridized carbons (Fsp3) is 0.200. The van der Waals surface area contributed by atoms with E-state index < -0.39 is 0 Å². The maximum Gasteiger partial charge on any atom is 0.220 e. The first-order chi connectivity index (χ1) is 13.1. The van der Waals surface area contributed by atoms with Gasteiger partial charge in [-0.05, 0) is 18.2 Å². The highest BCUT2D eigenvalue weighted by Crippen LogP contribution is 2.30. The second kappa shape index (κ2) is 9.39. The molecular formula is C20H18ClN3O2S. The maximum atomic E-state index is 12.0. The van der Waals surface area contributed by atoms with Crippen LogP contribution in [0.5, 0.6) is 0 Å². The first-order valence-corrected chi connectivity index (χ1v) is 9.78. The summed E-state index contributed by atoms with van der Waals surface area (Å²) in [5.74, 6) is -0.226. The van der Waals surface area contributed by atoms with Crippen LogP contribution in [0.3, 0.4) is 0 Å². The standard InChI is InChI=1S/C20H18ClN3O2S/c21-17-6-2-1-5-16(17)20-24-15(13-27-20)9-11-23-19(26)8-7-18(25)14-4-3-10-22-12-14/h1-6,10,12-13H,7-9,11H2,(H,23,26). The molecule has 0 radical (unpaired) electrons. The van der Waals surface area contributed by atoms with Crippen molar-refractivity contribution in [3.8, 4) is 10.6 Å². The van der Waals surface area contributed by atoms with Gasteiger partial charge >= 0.3 is 0 Å². The highest BCUT2D eigenvalue weighted by atomic mass is 35.5. The average Bonchev–Trinajstić information content (AvgIpc) is 3.16. The van der Waals surface area contributed by atoms with E-state index in [2.05, 4.69) is 15.3 Å². The molecule has 0 saturated heterocycles. The number of hydrogen-bond acceptors (Lipinski definition) is 5. The lowest BCUT2D eigenvalue weighted by atomic mass is 10.1.